The highest BCUT2D eigenvalue weighted by Gasteiger charge is 2.40. The summed E-state index contributed by atoms with van der Waals surface area (Å²) in [6.45, 7) is 2.86. The molecule has 0 amide bonds. The SMILES string of the molecule is Cc1cc(Nc2nc(NC3CC4CCC(C3)N4CCC#N)nc3cc(-c4cnn(C5CC5)c4)ccc23)n[nH]1. The average molecular weight is 509 g/mol. The van der Waals surface area contributed by atoms with E-state index >= 15 is 0 Å². The van der Waals surface area contributed by atoms with Crippen molar-refractivity contribution >= 4 is 28.5 Å². The van der Waals surface area contributed by atoms with Gasteiger partial charge in [-0.25, -0.2) is 4.98 Å². The molecule has 1 saturated carbocycles. The highest BCUT2D eigenvalue weighted by Crippen LogP contribution is 2.38. The summed E-state index contributed by atoms with van der Waals surface area (Å²) in [4.78, 5) is 12.4. The number of rotatable bonds is 8. The third kappa shape index (κ3) is 4.47. The highest BCUT2D eigenvalue weighted by atomic mass is 15.3. The van der Waals surface area contributed by atoms with E-state index in [0.717, 1.165) is 58.7 Å². The van der Waals surface area contributed by atoms with Crippen molar-refractivity contribution in [3.63, 3.8) is 0 Å². The zero-order valence-electron chi connectivity index (χ0n) is 21.6. The Labute approximate surface area is 221 Å². The van der Waals surface area contributed by atoms with E-state index in [1.165, 1.54) is 25.7 Å². The first-order valence-electron chi connectivity index (χ1n) is 13.7. The van der Waals surface area contributed by atoms with Gasteiger partial charge in [0.15, 0.2) is 5.82 Å². The molecule has 10 nitrogen and oxygen atoms in total. The minimum absolute atomic E-state index is 0.309. The molecule has 194 valence electrons. The fraction of sp³-hybridized carbons (Fsp3) is 0.464. The number of benzene rings is 1. The van der Waals surface area contributed by atoms with E-state index < -0.39 is 0 Å². The minimum Gasteiger partial charge on any atom is -0.351 e. The molecule has 2 atom stereocenters. The van der Waals surface area contributed by atoms with Gasteiger partial charge in [-0.2, -0.15) is 20.4 Å². The number of piperidine rings is 1. The van der Waals surface area contributed by atoms with Crippen molar-refractivity contribution in [3.8, 4) is 17.2 Å². The summed E-state index contributed by atoms with van der Waals surface area (Å²) in [6, 6.07) is 12.5. The summed E-state index contributed by atoms with van der Waals surface area (Å²) in [6.07, 6.45) is 11.6. The molecule has 10 heteroatoms. The Morgan fingerprint density at radius 2 is 1.87 bits per heavy atom. The van der Waals surface area contributed by atoms with Crippen LogP contribution in [0.15, 0.2) is 36.7 Å². The van der Waals surface area contributed by atoms with Gasteiger partial charge in [0.1, 0.15) is 5.82 Å². The van der Waals surface area contributed by atoms with E-state index in [4.69, 9.17) is 15.2 Å². The molecule has 3 N–H and O–H groups in total. The maximum atomic E-state index is 9.05. The molecule has 0 spiro atoms. The molecule has 2 bridgehead atoms. The van der Waals surface area contributed by atoms with E-state index in [9.17, 15) is 0 Å². The fourth-order valence-corrected chi connectivity index (χ4v) is 6.22. The molecule has 0 radical (unpaired) electrons. The average Bonchev–Trinajstić information content (AvgIpc) is 3.41. The third-order valence-electron chi connectivity index (χ3n) is 8.20. The summed E-state index contributed by atoms with van der Waals surface area (Å²) in [7, 11) is 0. The Hall–Kier alpha value is -3.97. The molecule has 3 aromatic heterocycles. The van der Waals surface area contributed by atoms with Crippen LogP contribution in [0, 0.1) is 18.3 Å². The van der Waals surface area contributed by atoms with Crippen LogP contribution >= 0.6 is 0 Å². The van der Waals surface area contributed by atoms with Crippen molar-refractivity contribution < 1.29 is 0 Å². The van der Waals surface area contributed by atoms with Crippen molar-refractivity contribution in [3.05, 3.63) is 42.4 Å². The van der Waals surface area contributed by atoms with Crippen LogP contribution in [-0.4, -0.2) is 59.5 Å². The van der Waals surface area contributed by atoms with E-state index in [1.54, 1.807) is 0 Å². The molecule has 38 heavy (non-hydrogen) atoms. The lowest BCUT2D eigenvalue weighted by Gasteiger charge is -2.38. The number of fused-ring (bicyclic) bond motifs is 3. The zero-order valence-corrected chi connectivity index (χ0v) is 21.6. The second kappa shape index (κ2) is 9.40. The first-order chi connectivity index (χ1) is 18.6. The molecule has 2 unspecified atom stereocenters. The normalized spacial score (nSPS) is 23.0. The Morgan fingerprint density at radius 3 is 2.61 bits per heavy atom. The Bertz CT molecular complexity index is 1500. The maximum absolute atomic E-state index is 9.05. The lowest BCUT2D eigenvalue weighted by molar-refractivity contribution is 0.135. The van der Waals surface area contributed by atoms with Crippen LogP contribution in [0.1, 0.15) is 56.7 Å². The number of anilines is 3. The van der Waals surface area contributed by atoms with Gasteiger partial charge < -0.3 is 10.6 Å². The minimum atomic E-state index is 0.309. The number of aryl methyl sites for hydroxylation is 1. The van der Waals surface area contributed by atoms with Crippen molar-refractivity contribution in [2.75, 3.05) is 17.2 Å². The van der Waals surface area contributed by atoms with Gasteiger partial charge in [0.25, 0.3) is 0 Å². The van der Waals surface area contributed by atoms with Gasteiger partial charge in [-0.15, -0.1) is 0 Å². The topological polar surface area (TPSA) is 123 Å². The lowest BCUT2D eigenvalue weighted by Crippen LogP contribution is -2.47. The van der Waals surface area contributed by atoms with Crippen molar-refractivity contribution in [1.82, 2.24) is 34.8 Å². The van der Waals surface area contributed by atoms with Crippen LogP contribution in [-0.2, 0) is 0 Å². The van der Waals surface area contributed by atoms with E-state index in [-0.39, 0.29) is 0 Å². The largest absolute Gasteiger partial charge is 0.351 e. The smallest absolute Gasteiger partial charge is 0.225 e. The quantitative estimate of drug-likeness (QED) is 0.306. The van der Waals surface area contributed by atoms with Gasteiger partial charge in [-0.05, 0) is 63.1 Å². The molecule has 1 aliphatic carbocycles. The van der Waals surface area contributed by atoms with Crippen LogP contribution in [0.3, 0.4) is 0 Å². The van der Waals surface area contributed by atoms with Crippen LogP contribution in [0.4, 0.5) is 17.6 Å². The molecule has 2 aliphatic heterocycles. The van der Waals surface area contributed by atoms with E-state index in [1.807, 2.05) is 19.2 Å². The summed E-state index contributed by atoms with van der Waals surface area (Å²) < 4.78 is 2.08. The van der Waals surface area contributed by atoms with Crippen LogP contribution in [0.2, 0.25) is 0 Å². The van der Waals surface area contributed by atoms with Crippen LogP contribution < -0.4 is 10.6 Å². The molecule has 5 heterocycles. The second-order valence-corrected chi connectivity index (χ2v) is 11.0. The van der Waals surface area contributed by atoms with E-state index in [2.05, 4.69) is 66.0 Å². The van der Waals surface area contributed by atoms with Gasteiger partial charge in [0.2, 0.25) is 5.95 Å². The number of aromatic nitrogens is 6. The molecular weight excluding hydrogens is 476 g/mol. The van der Waals surface area contributed by atoms with Gasteiger partial charge in [0.05, 0.1) is 23.8 Å². The fourth-order valence-electron chi connectivity index (χ4n) is 6.22. The number of H-pyrrole nitrogens is 1. The number of aromatic amines is 1. The van der Waals surface area contributed by atoms with Crippen LogP contribution in [0.25, 0.3) is 22.0 Å². The molecule has 4 aromatic rings. The highest BCUT2D eigenvalue weighted by molar-refractivity contribution is 5.94. The molecule has 1 aromatic carbocycles. The molecule has 3 fully saturated rings. The predicted octanol–water partition coefficient (Wildman–Crippen LogP) is 4.92. The van der Waals surface area contributed by atoms with Crippen molar-refractivity contribution in [1.29, 1.82) is 5.26 Å². The Balaban J connectivity index is 1.19. The summed E-state index contributed by atoms with van der Waals surface area (Å²) >= 11 is 0. The van der Waals surface area contributed by atoms with Gasteiger partial charge >= 0.3 is 0 Å². The third-order valence-corrected chi connectivity index (χ3v) is 8.20. The summed E-state index contributed by atoms with van der Waals surface area (Å²) in [5.41, 5.74) is 4.06. The van der Waals surface area contributed by atoms with Gasteiger partial charge in [0, 0.05) is 60.0 Å². The molecule has 2 saturated heterocycles. The molecular formula is C28H32N10. The number of nitrogens with one attached hydrogen (secondary N) is 3. The monoisotopic (exact) mass is 508 g/mol. The maximum Gasteiger partial charge on any atom is 0.225 e. The lowest BCUT2D eigenvalue weighted by atomic mass is 9.97. The predicted molar refractivity (Wildman–Crippen MR) is 146 cm³/mol. The van der Waals surface area contributed by atoms with Crippen molar-refractivity contribution in [2.45, 2.75) is 76.0 Å². The van der Waals surface area contributed by atoms with Gasteiger partial charge in [-0.3, -0.25) is 14.7 Å². The standard InChI is InChI=1S/C28H32N10/c1-17-11-26(36-35-17)33-27-24-8-3-18(19-15-30-38(16-19)21-4-5-21)12-25(24)32-28(34-27)31-20-13-22-6-7-23(14-20)37(22)10-2-9-29/h3,8,11-12,15-16,20-23H,2,4-7,10,13-14H2,1H3,(H3,31,32,33,34,35,36). The molecule has 3 aliphatic rings. The second-order valence-electron chi connectivity index (χ2n) is 11.0. The number of hydrogen-bond donors (Lipinski definition) is 3. The summed E-state index contributed by atoms with van der Waals surface area (Å²) in [5.74, 6) is 2.10. The Morgan fingerprint density at radius 1 is 1.05 bits per heavy atom. The van der Waals surface area contributed by atoms with Gasteiger partial charge in [-0.1, -0.05) is 6.07 Å². The molecule has 7 rings (SSSR count). The van der Waals surface area contributed by atoms with E-state index in [0.29, 0.717) is 36.5 Å². The number of nitriles is 1. The van der Waals surface area contributed by atoms with Crippen molar-refractivity contribution in [2.24, 2.45) is 0 Å². The zero-order chi connectivity index (χ0) is 25.6. The Kier molecular flexibility index (Phi) is 5.73. The first kappa shape index (κ1) is 23.2. The number of hydrogen-bond acceptors (Lipinski definition) is 8. The van der Waals surface area contributed by atoms with Crippen LogP contribution in [0.5, 0.6) is 0 Å². The number of nitrogens with zero attached hydrogens (tertiary/aromatic N) is 7. The summed E-state index contributed by atoms with van der Waals surface area (Å²) in [5, 5.41) is 29.0. The first-order valence-corrected chi connectivity index (χ1v) is 13.7.